The number of carbonyl (C=O) groups is 1. The number of esters is 1. The van der Waals surface area contributed by atoms with E-state index in [0.717, 1.165) is 19.4 Å². The second-order valence-electron chi connectivity index (χ2n) is 9.46. The Balaban J connectivity index is 1.44. The van der Waals surface area contributed by atoms with E-state index in [0.29, 0.717) is 17.3 Å². The first-order chi connectivity index (χ1) is 12.0. The molecule has 0 aromatic heterocycles. The second-order valence-corrected chi connectivity index (χ2v) is 9.46. The molecule has 0 spiro atoms. The minimum Gasteiger partial charge on any atom is -0.462 e. The molecule has 0 aromatic carbocycles. The molecule has 0 amide bonds. The Morgan fingerprint density at radius 1 is 1.24 bits per heavy atom. The maximum atomic E-state index is 12.7. The molecule has 0 aromatic rings. The van der Waals surface area contributed by atoms with Crippen LogP contribution in [0.1, 0.15) is 46.0 Å². The van der Waals surface area contributed by atoms with Crippen molar-refractivity contribution in [3.63, 3.8) is 0 Å². The number of allylic oxidation sites excluding steroid dienone is 1. The average molecular weight is 349 g/mol. The molecular formula is C21H36N2O2+2. The van der Waals surface area contributed by atoms with Crippen LogP contribution in [0.5, 0.6) is 0 Å². The van der Waals surface area contributed by atoms with Gasteiger partial charge in [-0.3, -0.25) is 4.79 Å². The van der Waals surface area contributed by atoms with Crippen molar-refractivity contribution in [2.24, 2.45) is 23.2 Å². The van der Waals surface area contributed by atoms with Crippen molar-refractivity contribution in [1.82, 2.24) is 0 Å². The molecule has 4 fully saturated rings. The van der Waals surface area contributed by atoms with Crippen molar-refractivity contribution in [2.75, 3.05) is 39.3 Å². The quantitative estimate of drug-likeness (QED) is 0.561. The highest BCUT2D eigenvalue weighted by Gasteiger charge is 2.56. The van der Waals surface area contributed by atoms with E-state index < -0.39 is 0 Å². The predicted octanol–water partition coefficient (Wildman–Crippen LogP) is 0.104. The van der Waals surface area contributed by atoms with Gasteiger partial charge in [-0.05, 0) is 50.4 Å². The fourth-order valence-electron chi connectivity index (χ4n) is 6.32. The highest BCUT2D eigenvalue weighted by atomic mass is 16.6. The van der Waals surface area contributed by atoms with Gasteiger partial charge in [-0.15, -0.1) is 0 Å². The lowest BCUT2D eigenvalue weighted by Crippen LogP contribution is -3.28. The molecule has 25 heavy (non-hydrogen) atoms. The molecular weight excluding hydrogens is 312 g/mol. The van der Waals surface area contributed by atoms with Crippen LogP contribution in [0, 0.1) is 23.2 Å². The maximum Gasteiger partial charge on any atom is 0.315 e. The molecule has 2 aliphatic heterocycles. The van der Waals surface area contributed by atoms with E-state index in [4.69, 9.17) is 4.74 Å². The Morgan fingerprint density at radius 3 is 2.68 bits per heavy atom. The average Bonchev–Trinajstić information content (AvgIpc) is 2.88. The van der Waals surface area contributed by atoms with E-state index in [1.165, 1.54) is 57.6 Å². The Kier molecular flexibility index (Phi) is 4.70. The summed E-state index contributed by atoms with van der Waals surface area (Å²) in [5, 5.41) is 0. The van der Waals surface area contributed by atoms with Gasteiger partial charge in [0.15, 0.2) is 0 Å². The van der Waals surface area contributed by atoms with Crippen molar-refractivity contribution in [2.45, 2.75) is 52.1 Å². The van der Waals surface area contributed by atoms with Crippen LogP contribution in [-0.4, -0.2) is 51.3 Å². The lowest BCUT2D eigenvalue weighted by molar-refractivity contribution is -1.01. The summed E-state index contributed by atoms with van der Waals surface area (Å²) >= 11 is 0. The Bertz CT molecular complexity index is 540. The van der Waals surface area contributed by atoms with Gasteiger partial charge in [0.1, 0.15) is 38.2 Å². The molecule has 2 aliphatic carbocycles. The summed E-state index contributed by atoms with van der Waals surface area (Å²) in [7, 11) is 0. The number of carbonyl (C=O) groups excluding carboxylic acids is 1. The van der Waals surface area contributed by atoms with Gasteiger partial charge in [-0.2, -0.15) is 0 Å². The van der Waals surface area contributed by atoms with Gasteiger partial charge < -0.3 is 14.5 Å². The molecule has 4 heteroatoms. The van der Waals surface area contributed by atoms with Crippen LogP contribution in [0.3, 0.4) is 0 Å². The standard InChI is InChI=1S/C21H34N2O2/c1-4-22-8-10-23(11-9-22)14-17-16-12-18-15(2)6-5-7-21(18,3)13-19(16)25-20(17)24/h16-19H,2,4-14H2,1,3H3/p+2/t16-,17-,18+,19-,21-/m1/s1. The number of quaternary nitrogens is 2. The first kappa shape index (κ1) is 17.5. The molecule has 140 valence electrons. The van der Waals surface area contributed by atoms with Crippen LogP contribution < -0.4 is 9.80 Å². The number of likely N-dealkylation sites (N-methyl/N-ethyl adjacent to an activating group) is 1. The summed E-state index contributed by atoms with van der Waals surface area (Å²) < 4.78 is 5.92. The SMILES string of the molecule is C=C1CCC[C@]2(C)C[C@H]3OC(=O)[C@H](C[NH+]4CC[NH+](CC)CC4)[C@H]3C[C@@H]12. The zero-order valence-corrected chi connectivity index (χ0v) is 16.1. The van der Waals surface area contributed by atoms with Gasteiger partial charge in [0.25, 0.3) is 0 Å². The Hall–Kier alpha value is -0.870. The van der Waals surface area contributed by atoms with Crippen molar-refractivity contribution in [3.05, 3.63) is 12.2 Å². The number of fused-ring (bicyclic) bond motifs is 2. The number of nitrogens with one attached hydrogen (secondary N) is 2. The lowest BCUT2D eigenvalue weighted by atomic mass is 9.55. The van der Waals surface area contributed by atoms with Crippen LogP contribution in [-0.2, 0) is 9.53 Å². The number of piperazine rings is 1. The molecule has 2 heterocycles. The van der Waals surface area contributed by atoms with Crippen LogP contribution in [0.15, 0.2) is 12.2 Å². The summed E-state index contributed by atoms with van der Waals surface area (Å²) in [5.41, 5.74) is 1.76. The summed E-state index contributed by atoms with van der Waals surface area (Å²) in [5.74, 6) is 1.27. The third kappa shape index (κ3) is 3.16. The van der Waals surface area contributed by atoms with E-state index in [2.05, 4.69) is 20.4 Å². The van der Waals surface area contributed by atoms with E-state index in [9.17, 15) is 4.79 Å². The van der Waals surface area contributed by atoms with Crippen molar-refractivity contribution in [1.29, 1.82) is 0 Å². The van der Waals surface area contributed by atoms with Crippen molar-refractivity contribution >= 4 is 5.97 Å². The number of hydrogen-bond donors (Lipinski definition) is 2. The zero-order valence-electron chi connectivity index (χ0n) is 16.1. The Morgan fingerprint density at radius 2 is 1.96 bits per heavy atom. The molecule has 4 rings (SSSR count). The van der Waals surface area contributed by atoms with E-state index in [-0.39, 0.29) is 18.0 Å². The third-order valence-electron chi connectivity index (χ3n) is 7.99. The van der Waals surface area contributed by atoms with E-state index in [1.54, 1.807) is 9.80 Å². The van der Waals surface area contributed by atoms with Gasteiger partial charge in [0, 0.05) is 5.92 Å². The van der Waals surface area contributed by atoms with E-state index >= 15 is 0 Å². The van der Waals surface area contributed by atoms with Gasteiger partial charge in [0.2, 0.25) is 0 Å². The molecule has 4 nitrogen and oxygen atoms in total. The molecule has 0 unspecified atom stereocenters. The van der Waals surface area contributed by atoms with Crippen molar-refractivity contribution < 1.29 is 19.3 Å². The molecule has 4 aliphatic rings. The summed E-state index contributed by atoms with van der Waals surface area (Å²) in [6, 6.07) is 0. The highest BCUT2D eigenvalue weighted by molar-refractivity contribution is 5.75. The molecule has 2 saturated carbocycles. The summed E-state index contributed by atoms with van der Waals surface area (Å²) in [4.78, 5) is 16.0. The molecule has 0 bridgehead atoms. The van der Waals surface area contributed by atoms with Gasteiger partial charge in [-0.25, -0.2) is 0 Å². The van der Waals surface area contributed by atoms with Crippen LogP contribution in [0.25, 0.3) is 0 Å². The fraction of sp³-hybridized carbons (Fsp3) is 0.857. The second kappa shape index (κ2) is 6.70. The molecule has 2 saturated heterocycles. The number of hydrogen-bond acceptors (Lipinski definition) is 2. The minimum atomic E-state index is 0.0978. The van der Waals surface area contributed by atoms with Gasteiger partial charge >= 0.3 is 5.97 Å². The lowest BCUT2D eigenvalue weighted by Gasteiger charge is -2.50. The molecule has 5 atom stereocenters. The topological polar surface area (TPSA) is 35.2 Å². The Labute approximate surface area is 152 Å². The summed E-state index contributed by atoms with van der Waals surface area (Å²) in [6.07, 6.45) is 6.09. The molecule has 2 N–H and O–H groups in total. The first-order valence-electron chi connectivity index (χ1n) is 10.6. The van der Waals surface area contributed by atoms with Gasteiger partial charge in [0.05, 0.1) is 13.1 Å². The monoisotopic (exact) mass is 348 g/mol. The van der Waals surface area contributed by atoms with E-state index in [1.807, 2.05) is 0 Å². The highest BCUT2D eigenvalue weighted by Crippen LogP contribution is 2.56. The largest absolute Gasteiger partial charge is 0.462 e. The van der Waals surface area contributed by atoms with Crippen LogP contribution in [0.4, 0.5) is 0 Å². The molecule has 0 radical (unpaired) electrons. The maximum absolute atomic E-state index is 12.7. The van der Waals surface area contributed by atoms with Gasteiger partial charge in [-0.1, -0.05) is 19.1 Å². The smallest absolute Gasteiger partial charge is 0.315 e. The normalized spacial score (nSPS) is 47.1. The van der Waals surface area contributed by atoms with Crippen LogP contribution >= 0.6 is 0 Å². The van der Waals surface area contributed by atoms with Crippen LogP contribution in [0.2, 0.25) is 0 Å². The fourth-order valence-corrected chi connectivity index (χ4v) is 6.32. The predicted molar refractivity (Wildman–Crippen MR) is 97.5 cm³/mol. The minimum absolute atomic E-state index is 0.0978. The third-order valence-corrected chi connectivity index (χ3v) is 7.99. The zero-order chi connectivity index (χ0) is 17.6. The van der Waals surface area contributed by atoms with Crippen molar-refractivity contribution in [3.8, 4) is 0 Å². The number of rotatable bonds is 3. The number of ether oxygens (including phenoxy) is 1. The first-order valence-corrected chi connectivity index (χ1v) is 10.6. The summed E-state index contributed by atoms with van der Waals surface area (Å²) in [6.45, 7) is 16.2.